The zero-order valence-electron chi connectivity index (χ0n) is 10.3. The van der Waals surface area contributed by atoms with Gasteiger partial charge < -0.3 is 15.2 Å². The molecule has 0 fully saturated rings. The summed E-state index contributed by atoms with van der Waals surface area (Å²) in [5, 5.41) is 0.706. The number of rotatable bonds is 5. The molecule has 0 saturated carbocycles. The van der Waals surface area contributed by atoms with Crippen molar-refractivity contribution in [2.24, 2.45) is 10.7 Å². The van der Waals surface area contributed by atoms with Crippen LogP contribution in [-0.2, 0) is 4.74 Å². The summed E-state index contributed by atoms with van der Waals surface area (Å²) in [4.78, 5) is 4.20. The molecule has 18 heavy (non-hydrogen) atoms. The molecular weight excluding hydrogens is 252 g/mol. The monoisotopic (exact) mass is 268 g/mol. The van der Waals surface area contributed by atoms with Gasteiger partial charge >= 0.3 is 0 Å². The Morgan fingerprint density at radius 1 is 1.50 bits per heavy atom. The Bertz CT molecular complexity index is 420. The Labute approximate surface area is 112 Å². The Morgan fingerprint density at radius 3 is 2.78 bits per heavy atom. The molecule has 2 atom stereocenters. The van der Waals surface area contributed by atoms with Gasteiger partial charge in [0, 0.05) is 11.4 Å². The van der Waals surface area contributed by atoms with Gasteiger partial charge in [0.1, 0.15) is 18.5 Å². The van der Waals surface area contributed by atoms with Gasteiger partial charge in [-0.1, -0.05) is 18.5 Å². The highest BCUT2D eigenvalue weighted by molar-refractivity contribution is 6.30. The Kier molecular flexibility index (Phi) is 4.31. The fourth-order valence-electron chi connectivity index (χ4n) is 1.86. The number of ether oxygens (including phenoxy) is 2. The highest BCUT2D eigenvalue weighted by Gasteiger charge is 2.21. The summed E-state index contributed by atoms with van der Waals surface area (Å²) < 4.78 is 11.0. The maximum Gasteiger partial charge on any atom is 0.282 e. The van der Waals surface area contributed by atoms with Crippen molar-refractivity contribution >= 4 is 17.6 Å². The smallest absolute Gasteiger partial charge is 0.282 e. The number of hydrogen-bond donors (Lipinski definition) is 1. The molecule has 1 aromatic carbocycles. The third-order valence-electron chi connectivity index (χ3n) is 2.84. The zero-order chi connectivity index (χ0) is 13.0. The van der Waals surface area contributed by atoms with Crippen molar-refractivity contribution in [1.82, 2.24) is 0 Å². The van der Waals surface area contributed by atoms with Crippen molar-refractivity contribution in [2.45, 2.75) is 31.9 Å². The molecule has 0 spiro atoms. The standard InChI is InChI=1S/C13H17ClN2O2/c1-2-11(7-10-8-17-13(15)16-10)18-12-5-3-9(14)4-6-12/h3-6,10-11H,2,7-8H2,1H3,(H2,15,16)/t10-,11+/m0/s1. The summed E-state index contributed by atoms with van der Waals surface area (Å²) in [6.07, 6.45) is 1.82. The summed E-state index contributed by atoms with van der Waals surface area (Å²) in [5.74, 6) is 0.821. The van der Waals surface area contributed by atoms with E-state index in [1.807, 2.05) is 24.3 Å². The number of nitrogens with zero attached hydrogens (tertiary/aromatic N) is 1. The van der Waals surface area contributed by atoms with E-state index in [4.69, 9.17) is 26.8 Å². The van der Waals surface area contributed by atoms with Crippen LogP contribution in [-0.4, -0.2) is 24.8 Å². The van der Waals surface area contributed by atoms with Gasteiger partial charge in [0.05, 0.1) is 6.04 Å². The van der Waals surface area contributed by atoms with E-state index in [9.17, 15) is 0 Å². The first-order valence-corrected chi connectivity index (χ1v) is 6.43. The molecule has 0 aromatic heterocycles. The molecule has 98 valence electrons. The van der Waals surface area contributed by atoms with Crippen LogP contribution in [0.1, 0.15) is 19.8 Å². The first-order valence-electron chi connectivity index (χ1n) is 6.05. The summed E-state index contributed by atoms with van der Waals surface area (Å²) >= 11 is 5.83. The van der Waals surface area contributed by atoms with Crippen molar-refractivity contribution in [3.05, 3.63) is 29.3 Å². The van der Waals surface area contributed by atoms with Crippen LogP contribution in [0.2, 0.25) is 5.02 Å². The van der Waals surface area contributed by atoms with Crippen LogP contribution < -0.4 is 10.5 Å². The minimum atomic E-state index is 0.0993. The second-order valence-electron chi connectivity index (χ2n) is 4.27. The molecule has 2 N–H and O–H groups in total. The first-order chi connectivity index (χ1) is 8.67. The molecule has 0 amide bonds. The minimum absolute atomic E-state index is 0.0993. The fraction of sp³-hybridized carbons (Fsp3) is 0.462. The van der Waals surface area contributed by atoms with Crippen molar-refractivity contribution in [1.29, 1.82) is 0 Å². The second kappa shape index (κ2) is 5.96. The topological polar surface area (TPSA) is 56.8 Å². The average molecular weight is 269 g/mol. The van der Waals surface area contributed by atoms with E-state index in [-0.39, 0.29) is 18.2 Å². The molecule has 1 aliphatic rings. The predicted octanol–water partition coefficient (Wildman–Crippen LogP) is 2.60. The van der Waals surface area contributed by atoms with Crippen LogP contribution in [0.3, 0.4) is 0 Å². The fourth-order valence-corrected chi connectivity index (χ4v) is 1.99. The normalized spacial score (nSPS) is 20.1. The third kappa shape index (κ3) is 3.53. The van der Waals surface area contributed by atoms with Gasteiger partial charge in [-0.2, -0.15) is 0 Å². The molecule has 1 heterocycles. The third-order valence-corrected chi connectivity index (χ3v) is 3.09. The largest absolute Gasteiger partial charge is 0.490 e. The lowest BCUT2D eigenvalue weighted by molar-refractivity contribution is 0.168. The molecule has 0 aliphatic carbocycles. The maximum atomic E-state index is 5.89. The SMILES string of the molecule is CC[C@H](C[C@H]1COC(N)=N1)Oc1ccc(Cl)cc1. The summed E-state index contributed by atoms with van der Waals surface area (Å²) in [7, 11) is 0. The number of nitrogens with two attached hydrogens (primary N) is 1. The molecule has 2 rings (SSSR count). The Hall–Kier alpha value is -1.42. The van der Waals surface area contributed by atoms with Crippen LogP contribution in [0.15, 0.2) is 29.3 Å². The van der Waals surface area contributed by atoms with Gasteiger partial charge in [-0.15, -0.1) is 0 Å². The number of amidine groups is 1. The van der Waals surface area contributed by atoms with E-state index in [0.29, 0.717) is 11.6 Å². The molecule has 0 saturated heterocycles. The number of benzene rings is 1. The Morgan fingerprint density at radius 2 is 2.22 bits per heavy atom. The van der Waals surface area contributed by atoms with Gasteiger partial charge in [-0.25, -0.2) is 4.99 Å². The number of halogens is 1. The zero-order valence-corrected chi connectivity index (χ0v) is 11.1. The van der Waals surface area contributed by atoms with E-state index in [1.165, 1.54) is 0 Å². The summed E-state index contributed by atoms with van der Waals surface area (Å²) in [5.41, 5.74) is 5.48. The van der Waals surface area contributed by atoms with Crippen molar-refractivity contribution in [3.63, 3.8) is 0 Å². The molecular formula is C13H17ClN2O2. The highest BCUT2D eigenvalue weighted by atomic mass is 35.5. The number of hydrogen-bond acceptors (Lipinski definition) is 4. The molecule has 0 bridgehead atoms. The van der Waals surface area contributed by atoms with E-state index in [1.54, 1.807) is 0 Å². The molecule has 4 nitrogen and oxygen atoms in total. The van der Waals surface area contributed by atoms with E-state index in [2.05, 4.69) is 11.9 Å². The van der Waals surface area contributed by atoms with Gasteiger partial charge in [0.2, 0.25) is 0 Å². The molecule has 0 unspecified atom stereocenters. The highest BCUT2D eigenvalue weighted by Crippen LogP contribution is 2.20. The summed E-state index contributed by atoms with van der Waals surface area (Å²) in [6.45, 7) is 2.63. The minimum Gasteiger partial charge on any atom is -0.490 e. The second-order valence-corrected chi connectivity index (χ2v) is 4.71. The molecule has 5 heteroatoms. The van der Waals surface area contributed by atoms with Crippen LogP contribution in [0.25, 0.3) is 0 Å². The van der Waals surface area contributed by atoms with E-state index >= 15 is 0 Å². The van der Waals surface area contributed by atoms with Crippen LogP contribution >= 0.6 is 11.6 Å². The van der Waals surface area contributed by atoms with E-state index < -0.39 is 0 Å². The lowest BCUT2D eigenvalue weighted by Gasteiger charge is -2.19. The van der Waals surface area contributed by atoms with Gasteiger partial charge in [-0.3, -0.25) is 0 Å². The number of aliphatic imine (C=N–C) groups is 1. The summed E-state index contributed by atoms with van der Waals surface area (Å²) in [6, 6.07) is 7.75. The predicted molar refractivity (Wildman–Crippen MR) is 72.1 cm³/mol. The van der Waals surface area contributed by atoms with Crippen LogP contribution in [0, 0.1) is 0 Å². The average Bonchev–Trinajstić information content (AvgIpc) is 2.77. The van der Waals surface area contributed by atoms with Crippen LogP contribution in [0.4, 0.5) is 0 Å². The quantitative estimate of drug-likeness (QED) is 0.893. The van der Waals surface area contributed by atoms with E-state index in [0.717, 1.165) is 18.6 Å². The van der Waals surface area contributed by atoms with Gasteiger partial charge in [-0.05, 0) is 30.7 Å². The van der Waals surface area contributed by atoms with Gasteiger partial charge in [0.15, 0.2) is 0 Å². The first kappa shape index (κ1) is 13.0. The molecule has 0 radical (unpaired) electrons. The molecule has 1 aromatic rings. The maximum absolute atomic E-state index is 5.89. The molecule has 1 aliphatic heterocycles. The van der Waals surface area contributed by atoms with Crippen molar-refractivity contribution in [2.75, 3.05) is 6.61 Å². The lowest BCUT2D eigenvalue weighted by Crippen LogP contribution is -2.22. The van der Waals surface area contributed by atoms with Gasteiger partial charge in [0.25, 0.3) is 6.02 Å². The van der Waals surface area contributed by atoms with Crippen LogP contribution in [0.5, 0.6) is 5.75 Å². The van der Waals surface area contributed by atoms with Crippen molar-refractivity contribution < 1.29 is 9.47 Å². The van der Waals surface area contributed by atoms with Crippen molar-refractivity contribution in [3.8, 4) is 5.75 Å². The Balaban J connectivity index is 1.91. The lowest BCUT2D eigenvalue weighted by atomic mass is 10.1.